The van der Waals surface area contributed by atoms with Crippen LogP contribution in [-0.4, -0.2) is 4.98 Å². The lowest BCUT2D eigenvalue weighted by Crippen LogP contribution is -1.95. The molecule has 0 atom stereocenters. The predicted molar refractivity (Wildman–Crippen MR) is 66.1 cm³/mol. The lowest BCUT2D eigenvalue weighted by Gasteiger charge is -2.03. The number of hydrogen-bond donors (Lipinski definition) is 0. The number of oxazole rings is 1. The Labute approximate surface area is 106 Å². The van der Waals surface area contributed by atoms with Gasteiger partial charge in [-0.15, -0.1) is 0 Å². The largest absolute Gasteiger partial charge is 0.484 e. The highest BCUT2D eigenvalue weighted by Crippen LogP contribution is 2.17. The minimum Gasteiger partial charge on any atom is -0.484 e. The Morgan fingerprint density at radius 1 is 1.44 bits per heavy atom. The average Bonchev–Trinajstić information content (AvgIpc) is 2.85. The average molecular weight is 242 g/mol. The molecule has 1 heterocycles. The van der Waals surface area contributed by atoms with Gasteiger partial charge in [0.1, 0.15) is 11.5 Å². The molecule has 1 aromatic carbocycles. The van der Waals surface area contributed by atoms with E-state index in [0.717, 1.165) is 5.76 Å². The predicted octanol–water partition coefficient (Wildman–Crippen LogP) is 3.25. The Morgan fingerprint density at radius 2 is 2.28 bits per heavy atom. The summed E-state index contributed by atoms with van der Waals surface area (Å²) in [6.45, 7) is 4.35. The number of ether oxygens (including phenoxy) is 1. The normalized spacial score (nSPS) is 10.3. The van der Waals surface area contributed by atoms with Crippen molar-refractivity contribution in [3.05, 3.63) is 47.7 Å². The van der Waals surface area contributed by atoms with Gasteiger partial charge in [0, 0.05) is 5.92 Å². The summed E-state index contributed by atoms with van der Waals surface area (Å²) in [7, 11) is 0. The maximum atomic E-state index is 8.78. The van der Waals surface area contributed by atoms with Crippen molar-refractivity contribution in [3.8, 4) is 11.8 Å². The molecule has 0 fully saturated rings. The fourth-order valence-electron chi connectivity index (χ4n) is 1.46. The second-order valence-electron chi connectivity index (χ2n) is 4.24. The van der Waals surface area contributed by atoms with Crippen LogP contribution in [0.3, 0.4) is 0 Å². The highest BCUT2D eigenvalue weighted by atomic mass is 16.5. The maximum absolute atomic E-state index is 8.78. The number of hydrogen-bond acceptors (Lipinski definition) is 4. The Bertz CT molecular complexity index is 567. The van der Waals surface area contributed by atoms with E-state index in [1.807, 2.05) is 13.8 Å². The Kier molecular flexibility index (Phi) is 3.63. The third-order valence-electron chi connectivity index (χ3n) is 2.47. The lowest BCUT2D eigenvalue weighted by molar-refractivity contribution is 0.257. The first-order valence-electron chi connectivity index (χ1n) is 5.76. The Morgan fingerprint density at radius 3 is 2.94 bits per heavy atom. The van der Waals surface area contributed by atoms with Gasteiger partial charge in [-0.1, -0.05) is 19.9 Å². The van der Waals surface area contributed by atoms with Gasteiger partial charge in [-0.05, 0) is 18.2 Å². The van der Waals surface area contributed by atoms with Crippen LogP contribution in [0.1, 0.15) is 37.0 Å². The molecule has 0 aliphatic heterocycles. The molecule has 0 spiro atoms. The van der Waals surface area contributed by atoms with E-state index in [9.17, 15) is 0 Å². The van der Waals surface area contributed by atoms with Crippen LogP contribution in [0.5, 0.6) is 5.75 Å². The van der Waals surface area contributed by atoms with Crippen molar-refractivity contribution < 1.29 is 9.15 Å². The summed E-state index contributed by atoms with van der Waals surface area (Å²) in [5, 5.41) is 8.78. The third kappa shape index (κ3) is 2.89. The summed E-state index contributed by atoms with van der Waals surface area (Å²) in [6.07, 6.45) is 1.72. The zero-order chi connectivity index (χ0) is 13.0. The number of rotatable bonds is 4. The van der Waals surface area contributed by atoms with Crippen LogP contribution in [0.15, 0.2) is 34.9 Å². The Hall–Kier alpha value is -2.28. The molecule has 0 bridgehead atoms. The van der Waals surface area contributed by atoms with Gasteiger partial charge in [0.25, 0.3) is 0 Å². The smallest absolute Gasteiger partial charge is 0.232 e. The van der Waals surface area contributed by atoms with Gasteiger partial charge in [0.2, 0.25) is 5.89 Å². The molecule has 0 aliphatic rings. The number of aromatic nitrogens is 1. The van der Waals surface area contributed by atoms with E-state index >= 15 is 0 Å². The van der Waals surface area contributed by atoms with Gasteiger partial charge in [0.15, 0.2) is 6.61 Å². The van der Waals surface area contributed by atoms with E-state index in [1.165, 1.54) is 0 Å². The monoisotopic (exact) mass is 242 g/mol. The summed E-state index contributed by atoms with van der Waals surface area (Å²) in [5.74, 6) is 2.34. The molecule has 2 aromatic rings. The summed E-state index contributed by atoms with van der Waals surface area (Å²) < 4.78 is 11.0. The molecule has 2 rings (SSSR count). The highest BCUT2D eigenvalue weighted by Gasteiger charge is 2.07. The van der Waals surface area contributed by atoms with Crippen LogP contribution in [0, 0.1) is 11.3 Å². The number of nitriles is 1. The van der Waals surface area contributed by atoms with Crippen molar-refractivity contribution >= 4 is 0 Å². The topological polar surface area (TPSA) is 59.0 Å². The standard InChI is InChI=1S/C14H14N2O2/c1-10(2)13-8-16-14(18-13)9-17-12-5-3-4-11(6-12)7-15/h3-6,8,10H,9H2,1-2H3. The van der Waals surface area contributed by atoms with Gasteiger partial charge in [-0.2, -0.15) is 5.26 Å². The molecule has 92 valence electrons. The summed E-state index contributed by atoms with van der Waals surface area (Å²) >= 11 is 0. The van der Waals surface area contributed by atoms with Gasteiger partial charge in [0.05, 0.1) is 17.8 Å². The van der Waals surface area contributed by atoms with Gasteiger partial charge < -0.3 is 9.15 Å². The van der Waals surface area contributed by atoms with E-state index in [-0.39, 0.29) is 6.61 Å². The van der Waals surface area contributed by atoms with E-state index in [0.29, 0.717) is 23.1 Å². The molecule has 0 unspecified atom stereocenters. The van der Waals surface area contributed by atoms with Gasteiger partial charge in [-0.25, -0.2) is 4.98 Å². The fourth-order valence-corrected chi connectivity index (χ4v) is 1.46. The quantitative estimate of drug-likeness (QED) is 0.825. The van der Waals surface area contributed by atoms with Crippen LogP contribution in [0.4, 0.5) is 0 Å². The summed E-state index contributed by atoms with van der Waals surface area (Å²) in [6, 6.07) is 9.06. The van der Waals surface area contributed by atoms with Crippen LogP contribution < -0.4 is 4.74 Å². The maximum Gasteiger partial charge on any atom is 0.232 e. The first kappa shape index (κ1) is 12.2. The molecule has 18 heavy (non-hydrogen) atoms. The molecule has 0 aliphatic carbocycles. The molecular formula is C14H14N2O2. The molecule has 0 amide bonds. The number of nitrogens with zero attached hydrogens (tertiary/aromatic N) is 2. The van der Waals surface area contributed by atoms with E-state index in [2.05, 4.69) is 11.1 Å². The second-order valence-corrected chi connectivity index (χ2v) is 4.24. The van der Waals surface area contributed by atoms with E-state index < -0.39 is 0 Å². The van der Waals surface area contributed by atoms with Crippen LogP contribution in [0.2, 0.25) is 0 Å². The first-order chi connectivity index (χ1) is 8.69. The number of benzene rings is 1. The van der Waals surface area contributed by atoms with Crippen molar-refractivity contribution in [2.75, 3.05) is 0 Å². The molecule has 0 saturated carbocycles. The van der Waals surface area contributed by atoms with Crippen LogP contribution >= 0.6 is 0 Å². The zero-order valence-electron chi connectivity index (χ0n) is 10.4. The van der Waals surface area contributed by atoms with Gasteiger partial charge in [-0.3, -0.25) is 0 Å². The summed E-state index contributed by atoms with van der Waals surface area (Å²) in [5.41, 5.74) is 0.572. The molecular weight excluding hydrogens is 228 g/mol. The second kappa shape index (κ2) is 5.37. The minimum absolute atomic E-state index is 0.265. The van der Waals surface area contributed by atoms with Crippen molar-refractivity contribution in [2.24, 2.45) is 0 Å². The molecule has 1 aromatic heterocycles. The zero-order valence-corrected chi connectivity index (χ0v) is 10.4. The fraction of sp³-hybridized carbons (Fsp3) is 0.286. The minimum atomic E-state index is 0.265. The van der Waals surface area contributed by atoms with Crippen LogP contribution in [-0.2, 0) is 6.61 Å². The molecule has 0 N–H and O–H groups in total. The first-order valence-corrected chi connectivity index (χ1v) is 5.76. The lowest BCUT2D eigenvalue weighted by atomic mass is 10.2. The van der Waals surface area contributed by atoms with E-state index in [1.54, 1.807) is 30.5 Å². The molecule has 4 heteroatoms. The van der Waals surface area contributed by atoms with Crippen molar-refractivity contribution in [1.82, 2.24) is 4.98 Å². The highest BCUT2D eigenvalue weighted by molar-refractivity contribution is 5.36. The third-order valence-corrected chi connectivity index (χ3v) is 2.47. The van der Waals surface area contributed by atoms with Crippen molar-refractivity contribution in [2.45, 2.75) is 26.4 Å². The Balaban J connectivity index is 2.00. The molecule has 4 nitrogen and oxygen atoms in total. The summed E-state index contributed by atoms with van der Waals surface area (Å²) in [4.78, 5) is 4.14. The molecule has 0 saturated heterocycles. The SMILES string of the molecule is CC(C)c1cnc(COc2cccc(C#N)c2)o1. The molecule has 0 radical (unpaired) electrons. The van der Waals surface area contributed by atoms with Gasteiger partial charge >= 0.3 is 0 Å². The van der Waals surface area contributed by atoms with Crippen molar-refractivity contribution in [1.29, 1.82) is 5.26 Å². The van der Waals surface area contributed by atoms with E-state index in [4.69, 9.17) is 14.4 Å². The van der Waals surface area contributed by atoms with Crippen molar-refractivity contribution in [3.63, 3.8) is 0 Å². The van der Waals surface area contributed by atoms with Crippen LogP contribution in [0.25, 0.3) is 0 Å².